The third-order valence-electron chi connectivity index (χ3n) is 3.72. The molecule has 3 heterocycles. The quantitative estimate of drug-likeness (QED) is 0.940. The largest absolute Gasteiger partial charge is 0.478 e. The van der Waals surface area contributed by atoms with Gasteiger partial charge in [-0.1, -0.05) is 0 Å². The molecule has 0 radical (unpaired) electrons. The molecule has 0 saturated carbocycles. The van der Waals surface area contributed by atoms with Crippen molar-refractivity contribution in [2.24, 2.45) is 0 Å². The maximum Gasteiger partial charge on any atom is 0.337 e. The lowest BCUT2D eigenvalue weighted by molar-refractivity contribution is 0.0690. The van der Waals surface area contributed by atoms with Crippen LogP contribution in [0, 0.1) is 6.92 Å². The highest BCUT2D eigenvalue weighted by atomic mass is 32.1. The molecule has 1 amide bonds. The molecule has 1 atom stereocenters. The summed E-state index contributed by atoms with van der Waals surface area (Å²) >= 11 is 1.58. The fraction of sp³-hybridized carbons (Fsp3) is 0.333. The lowest BCUT2D eigenvalue weighted by Gasteiger charge is -2.23. The Bertz CT molecular complexity index is 711. The molecule has 114 valence electrons. The summed E-state index contributed by atoms with van der Waals surface area (Å²) in [6.07, 6.45) is 3.04. The van der Waals surface area contributed by atoms with Gasteiger partial charge in [-0.05, 0) is 31.9 Å². The van der Waals surface area contributed by atoms with E-state index in [2.05, 4.69) is 9.97 Å². The van der Waals surface area contributed by atoms with Crippen molar-refractivity contribution in [1.82, 2.24) is 14.9 Å². The highest BCUT2D eigenvalue weighted by Crippen LogP contribution is 2.33. The molecule has 1 fully saturated rings. The van der Waals surface area contributed by atoms with Crippen LogP contribution in [-0.4, -0.2) is 38.4 Å². The molecule has 1 aliphatic rings. The first-order chi connectivity index (χ1) is 10.6. The van der Waals surface area contributed by atoms with Gasteiger partial charge in [-0.3, -0.25) is 9.78 Å². The molecule has 1 aliphatic heterocycles. The van der Waals surface area contributed by atoms with Gasteiger partial charge in [-0.25, -0.2) is 9.78 Å². The monoisotopic (exact) mass is 317 g/mol. The number of aromatic nitrogens is 2. The number of amides is 1. The maximum absolute atomic E-state index is 12.6. The van der Waals surface area contributed by atoms with Gasteiger partial charge in [0.1, 0.15) is 5.69 Å². The standard InChI is InChI=1S/C15H15N3O3S/c1-9-17-12(8-22-9)13-3-2-6-18(13)14(19)11-5-4-10(7-16-11)15(20)21/h4-5,7-8,13H,2-3,6H2,1H3,(H,20,21). The Kier molecular flexibility index (Phi) is 3.89. The van der Waals surface area contributed by atoms with E-state index in [0.29, 0.717) is 6.54 Å². The molecule has 0 bridgehead atoms. The van der Waals surface area contributed by atoms with Crippen molar-refractivity contribution in [3.63, 3.8) is 0 Å². The average molecular weight is 317 g/mol. The summed E-state index contributed by atoms with van der Waals surface area (Å²) in [5.74, 6) is -1.23. The predicted octanol–water partition coefficient (Wildman–Crippen LogP) is 2.52. The zero-order valence-electron chi connectivity index (χ0n) is 12.0. The lowest BCUT2D eigenvalue weighted by atomic mass is 10.1. The van der Waals surface area contributed by atoms with Crippen LogP contribution >= 0.6 is 11.3 Å². The molecule has 6 nitrogen and oxygen atoms in total. The van der Waals surface area contributed by atoms with E-state index in [-0.39, 0.29) is 23.2 Å². The van der Waals surface area contributed by atoms with Crippen LogP contribution in [0.3, 0.4) is 0 Å². The SMILES string of the molecule is Cc1nc(C2CCCN2C(=O)c2ccc(C(=O)O)cn2)cs1. The van der Waals surface area contributed by atoms with E-state index in [1.54, 1.807) is 16.2 Å². The Morgan fingerprint density at radius 2 is 2.23 bits per heavy atom. The molecule has 7 heteroatoms. The van der Waals surface area contributed by atoms with Crippen LogP contribution in [0.2, 0.25) is 0 Å². The van der Waals surface area contributed by atoms with Gasteiger partial charge in [0.25, 0.3) is 5.91 Å². The Morgan fingerprint density at radius 1 is 1.41 bits per heavy atom. The molecule has 2 aromatic heterocycles. The Labute approximate surface area is 131 Å². The summed E-state index contributed by atoms with van der Waals surface area (Å²) in [5, 5.41) is 11.9. The number of rotatable bonds is 3. The van der Waals surface area contributed by atoms with Crippen molar-refractivity contribution in [2.45, 2.75) is 25.8 Å². The van der Waals surface area contributed by atoms with E-state index < -0.39 is 5.97 Å². The fourth-order valence-corrected chi connectivity index (χ4v) is 3.30. The second-order valence-corrected chi connectivity index (χ2v) is 6.25. The van der Waals surface area contributed by atoms with Crippen molar-refractivity contribution in [2.75, 3.05) is 6.54 Å². The smallest absolute Gasteiger partial charge is 0.337 e. The van der Waals surface area contributed by atoms with Gasteiger partial charge >= 0.3 is 5.97 Å². The number of thiazole rings is 1. The minimum absolute atomic E-state index is 0.0154. The first kappa shape index (κ1) is 14.6. The van der Waals surface area contributed by atoms with E-state index in [0.717, 1.165) is 23.5 Å². The molecule has 0 aliphatic carbocycles. The number of carbonyl (C=O) groups is 2. The van der Waals surface area contributed by atoms with E-state index in [9.17, 15) is 9.59 Å². The molecule has 22 heavy (non-hydrogen) atoms. The number of aromatic carboxylic acids is 1. The molecular weight excluding hydrogens is 302 g/mol. The molecule has 1 saturated heterocycles. The summed E-state index contributed by atoms with van der Waals surface area (Å²) in [4.78, 5) is 33.7. The zero-order valence-corrected chi connectivity index (χ0v) is 12.8. The van der Waals surface area contributed by atoms with Gasteiger partial charge < -0.3 is 10.0 Å². The minimum Gasteiger partial charge on any atom is -0.478 e. The van der Waals surface area contributed by atoms with Crippen molar-refractivity contribution in [3.8, 4) is 0 Å². The maximum atomic E-state index is 12.6. The number of carboxylic acid groups (broad SMARTS) is 1. The Balaban J connectivity index is 1.82. The molecule has 1 N–H and O–H groups in total. The van der Waals surface area contributed by atoms with Crippen molar-refractivity contribution in [1.29, 1.82) is 0 Å². The highest BCUT2D eigenvalue weighted by molar-refractivity contribution is 7.09. The van der Waals surface area contributed by atoms with Gasteiger partial charge in [0, 0.05) is 18.1 Å². The first-order valence-electron chi connectivity index (χ1n) is 6.98. The molecule has 3 rings (SSSR count). The predicted molar refractivity (Wildman–Crippen MR) is 81.1 cm³/mol. The van der Waals surface area contributed by atoms with Crippen LogP contribution in [0.1, 0.15) is 50.4 Å². The number of hydrogen-bond donors (Lipinski definition) is 1. The van der Waals surface area contributed by atoms with Gasteiger partial charge in [0.2, 0.25) is 0 Å². The van der Waals surface area contributed by atoms with E-state index >= 15 is 0 Å². The first-order valence-corrected chi connectivity index (χ1v) is 7.86. The summed E-state index contributed by atoms with van der Waals surface area (Å²) in [7, 11) is 0. The van der Waals surface area contributed by atoms with Crippen molar-refractivity contribution < 1.29 is 14.7 Å². The number of pyridine rings is 1. The highest BCUT2D eigenvalue weighted by Gasteiger charge is 2.32. The number of carbonyl (C=O) groups excluding carboxylic acids is 1. The van der Waals surface area contributed by atoms with Crippen molar-refractivity contribution >= 4 is 23.2 Å². The fourth-order valence-electron chi connectivity index (χ4n) is 2.64. The van der Waals surface area contributed by atoms with Crippen molar-refractivity contribution in [3.05, 3.63) is 45.7 Å². The summed E-state index contributed by atoms with van der Waals surface area (Å²) in [6, 6.07) is 2.85. The van der Waals surface area contributed by atoms with Crippen LogP contribution < -0.4 is 0 Å². The van der Waals surface area contributed by atoms with Crippen LogP contribution in [0.15, 0.2) is 23.7 Å². The zero-order chi connectivity index (χ0) is 15.7. The third-order valence-corrected chi connectivity index (χ3v) is 4.51. The van der Waals surface area contributed by atoms with E-state index in [1.165, 1.54) is 18.3 Å². The molecule has 0 spiro atoms. The Morgan fingerprint density at radius 3 is 2.82 bits per heavy atom. The second-order valence-electron chi connectivity index (χ2n) is 5.19. The molecule has 2 aromatic rings. The van der Waals surface area contributed by atoms with Crippen LogP contribution in [0.25, 0.3) is 0 Å². The minimum atomic E-state index is -1.05. The summed E-state index contributed by atoms with van der Waals surface area (Å²) in [5.41, 5.74) is 1.27. The summed E-state index contributed by atoms with van der Waals surface area (Å²) in [6.45, 7) is 2.61. The molecular formula is C15H15N3O3S. The lowest BCUT2D eigenvalue weighted by Crippen LogP contribution is -2.31. The van der Waals surface area contributed by atoms with Crippen LogP contribution in [-0.2, 0) is 0 Å². The van der Waals surface area contributed by atoms with Crippen LogP contribution in [0.5, 0.6) is 0 Å². The number of aryl methyl sites for hydroxylation is 1. The van der Waals surface area contributed by atoms with Gasteiger partial charge in [0.15, 0.2) is 0 Å². The van der Waals surface area contributed by atoms with Crippen LogP contribution in [0.4, 0.5) is 0 Å². The van der Waals surface area contributed by atoms with Gasteiger partial charge in [-0.2, -0.15) is 0 Å². The van der Waals surface area contributed by atoms with Gasteiger partial charge in [0.05, 0.1) is 22.3 Å². The third kappa shape index (κ3) is 2.71. The average Bonchev–Trinajstić information content (AvgIpc) is 3.15. The normalized spacial score (nSPS) is 17.7. The van der Waals surface area contributed by atoms with Gasteiger partial charge in [-0.15, -0.1) is 11.3 Å². The van der Waals surface area contributed by atoms with E-state index in [4.69, 9.17) is 5.11 Å². The second kappa shape index (κ2) is 5.84. The summed E-state index contributed by atoms with van der Waals surface area (Å²) < 4.78 is 0. The topological polar surface area (TPSA) is 83.4 Å². The molecule has 1 unspecified atom stereocenters. The Hall–Kier alpha value is -2.28. The van der Waals surface area contributed by atoms with E-state index in [1.807, 2.05) is 12.3 Å². The molecule has 0 aromatic carbocycles. The number of likely N-dealkylation sites (tertiary alicyclic amines) is 1. The number of hydrogen-bond acceptors (Lipinski definition) is 5. The number of nitrogens with zero attached hydrogens (tertiary/aromatic N) is 3. The number of carboxylic acids is 1.